The molecule has 3 atom stereocenters. The van der Waals surface area contributed by atoms with Crippen molar-refractivity contribution >= 4 is 5.97 Å². The summed E-state index contributed by atoms with van der Waals surface area (Å²) in [4.78, 5) is 10.3. The van der Waals surface area contributed by atoms with Gasteiger partial charge in [0.05, 0.1) is 0 Å². The number of aliphatic carboxylic acids is 1. The van der Waals surface area contributed by atoms with Crippen LogP contribution in [0.1, 0.15) is 27.2 Å². The number of aliphatic hydroxyl groups is 1. The van der Waals surface area contributed by atoms with Gasteiger partial charge >= 0.3 is 5.97 Å². The number of carboxylic acids is 1. The summed E-state index contributed by atoms with van der Waals surface area (Å²) in [6.07, 6.45) is -0.323. The van der Waals surface area contributed by atoms with Crippen LogP contribution in [0.2, 0.25) is 0 Å². The Morgan fingerprint density at radius 1 is 1.45 bits per heavy atom. The molecular formula is C8H16O3. The van der Waals surface area contributed by atoms with E-state index in [1.165, 1.54) is 0 Å². The summed E-state index contributed by atoms with van der Waals surface area (Å²) in [5, 5.41) is 17.5. The van der Waals surface area contributed by atoms with Gasteiger partial charge in [-0.3, -0.25) is 0 Å². The van der Waals surface area contributed by atoms with Crippen molar-refractivity contribution < 1.29 is 15.0 Å². The van der Waals surface area contributed by atoms with Crippen molar-refractivity contribution in [2.45, 2.75) is 33.3 Å². The van der Waals surface area contributed by atoms with Gasteiger partial charge in [-0.1, -0.05) is 27.2 Å². The van der Waals surface area contributed by atoms with Crippen molar-refractivity contribution in [1.29, 1.82) is 0 Å². The molecule has 2 N–H and O–H groups in total. The molecule has 0 fully saturated rings. The minimum absolute atomic E-state index is 0.169. The van der Waals surface area contributed by atoms with E-state index in [0.717, 1.165) is 6.42 Å². The van der Waals surface area contributed by atoms with Crippen LogP contribution in [-0.2, 0) is 4.79 Å². The Labute approximate surface area is 67.0 Å². The molecule has 0 aliphatic heterocycles. The molecule has 0 radical (unpaired) electrons. The van der Waals surface area contributed by atoms with E-state index in [1.54, 1.807) is 6.92 Å². The van der Waals surface area contributed by atoms with E-state index in [4.69, 9.17) is 10.2 Å². The second-order valence-electron chi connectivity index (χ2n) is 3.03. The minimum Gasteiger partial charge on any atom is -0.479 e. The number of rotatable bonds is 4. The smallest absolute Gasteiger partial charge is 0.332 e. The van der Waals surface area contributed by atoms with Crippen molar-refractivity contribution in [3.63, 3.8) is 0 Å². The van der Waals surface area contributed by atoms with Crippen molar-refractivity contribution in [3.8, 4) is 0 Å². The van der Waals surface area contributed by atoms with Crippen LogP contribution in [0.3, 0.4) is 0 Å². The maximum atomic E-state index is 10.3. The summed E-state index contributed by atoms with van der Waals surface area (Å²) in [7, 11) is 0. The highest BCUT2D eigenvalue weighted by Crippen LogP contribution is 2.18. The highest BCUT2D eigenvalue weighted by atomic mass is 16.4. The molecule has 0 aromatic rings. The number of aliphatic hydroxyl groups excluding tert-OH is 1. The number of carbonyl (C=O) groups is 1. The highest BCUT2D eigenvalue weighted by molar-refractivity contribution is 5.72. The molecule has 66 valence electrons. The van der Waals surface area contributed by atoms with E-state index < -0.39 is 12.1 Å². The first kappa shape index (κ1) is 10.4. The Kier molecular flexibility index (Phi) is 4.11. The second-order valence-corrected chi connectivity index (χ2v) is 3.03. The van der Waals surface area contributed by atoms with E-state index >= 15 is 0 Å². The number of hydrogen-bond acceptors (Lipinski definition) is 2. The van der Waals surface area contributed by atoms with Crippen molar-refractivity contribution in [1.82, 2.24) is 0 Å². The normalized spacial score (nSPS) is 18.9. The summed E-state index contributed by atoms with van der Waals surface area (Å²) < 4.78 is 0. The molecule has 0 bridgehead atoms. The Balaban J connectivity index is 4.00. The average molecular weight is 160 g/mol. The molecule has 0 aromatic heterocycles. The maximum absolute atomic E-state index is 10.3. The predicted molar refractivity (Wildman–Crippen MR) is 42.3 cm³/mol. The van der Waals surface area contributed by atoms with Gasteiger partial charge in [-0.15, -0.1) is 0 Å². The molecule has 0 saturated heterocycles. The van der Waals surface area contributed by atoms with Gasteiger partial charge in [-0.05, 0) is 11.8 Å². The zero-order chi connectivity index (χ0) is 9.02. The first-order chi connectivity index (χ1) is 5.00. The lowest BCUT2D eigenvalue weighted by Gasteiger charge is -2.20. The average Bonchev–Trinajstić information content (AvgIpc) is 2.00. The summed E-state index contributed by atoms with van der Waals surface area (Å²) in [6, 6.07) is 0. The lowest BCUT2D eigenvalue weighted by atomic mass is 9.89. The van der Waals surface area contributed by atoms with E-state index in [2.05, 4.69) is 0 Å². The third-order valence-corrected chi connectivity index (χ3v) is 2.29. The van der Waals surface area contributed by atoms with Crippen LogP contribution in [0.25, 0.3) is 0 Å². The minimum atomic E-state index is -1.22. The van der Waals surface area contributed by atoms with E-state index in [1.807, 2.05) is 13.8 Å². The lowest BCUT2D eigenvalue weighted by molar-refractivity contribution is -0.150. The van der Waals surface area contributed by atoms with Gasteiger partial charge in [0.2, 0.25) is 0 Å². The molecule has 0 rings (SSSR count). The Hall–Kier alpha value is -0.570. The van der Waals surface area contributed by atoms with Gasteiger partial charge in [0, 0.05) is 0 Å². The monoisotopic (exact) mass is 160 g/mol. The zero-order valence-electron chi connectivity index (χ0n) is 7.24. The topological polar surface area (TPSA) is 57.5 Å². The molecule has 0 unspecified atom stereocenters. The fourth-order valence-electron chi connectivity index (χ4n) is 0.908. The predicted octanol–water partition coefficient (Wildman–Crippen LogP) is 1.11. The van der Waals surface area contributed by atoms with E-state index in [9.17, 15) is 4.79 Å². The Morgan fingerprint density at radius 3 is 2.18 bits per heavy atom. The van der Waals surface area contributed by atoms with Crippen LogP contribution in [0, 0.1) is 11.8 Å². The molecule has 0 heterocycles. The van der Waals surface area contributed by atoms with Gasteiger partial charge in [0.15, 0.2) is 6.10 Å². The van der Waals surface area contributed by atoms with Crippen molar-refractivity contribution in [2.75, 3.05) is 0 Å². The molecule has 0 aromatic carbocycles. The lowest BCUT2D eigenvalue weighted by Crippen LogP contribution is -2.31. The molecule has 0 spiro atoms. The maximum Gasteiger partial charge on any atom is 0.332 e. The van der Waals surface area contributed by atoms with Crippen molar-refractivity contribution in [2.24, 2.45) is 11.8 Å². The zero-order valence-corrected chi connectivity index (χ0v) is 7.24. The molecule has 0 saturated carbocycles. The Bertz CT molecular complexity index is 133. The number of carboxylic acid groups (broad SMARTS) is 1. The van der Waals surface area contributed by atoms with Crippen LogP contribution < -0.4 is 0 Å². The molecule has 11 heavy (non-hydrogen) atoms. The number of hydrogen-bond donors (Lipinski definition) is 2. The SMILES string of the molecule is CC[C@@H](C)[C@@H](C)[C@@H](O)C(=O)O. The van der Waals surface area contributed by atoms with Crippen LogP contribution >= 0.6 is 0 Å². The molecule has 0 aliphatic carbocycles. The van der Waals surface area contributed by atoms with Gasteiger partial charge in [0.25, 0.3) is 0 Å². The summed E-state index contributed by atoms with van der Waals surface area (Å²) in [6.45, 7) is 5.68. The van der Waals surface area contributed by atoms with E-state index in [0.29, 0.717) is 0 Å². The van der Waals surface area contributed by atoms with Crippen LogP contribution in [-0.4, -0.2) is 22.3 Å². The first-order valence-electron chi connectivity index (χ1n) is 3.91. The fourth-order valence-corrected chi connectivity index (χ4v) is 0.908. The van der Waals surface area contributed by atoms with Crippen LogP contribution in [0.5, 0.6) is 0 Å². The summed E-state index contributed by atoms with van der Waals surface area (Å²) in [5.74, 6) is -1.04. The third kappa shape index (κ3) is 2.89. The second kappa shape index (κ2) is 4.34. The summed E-state index contributed by atoms with van der Waals surface area (Å²) >= 11 is 0. The van der Waals surface area contributed by atoms with Gasteiger partial charge in [-0.2, -0.15) is 0 Å². The molecule has 3 nitrogen and oxygen atoms in total. The standard InChI is InChI=1S/C8H16O3/c1-4-5(2)6(3)7(9)8(10)11/h5-7,9H,4H2,1-3H3,(H,10,11)/t5-,6-,7-/m1/s1. The third-order valence-electron chi connectivity index (χ3n) is 2.29. The van der Waals surface area contributed by atoms with Crippen LogP contribution in [0.15, 0.2) is 0 Å². The molecular weight excluding hydrogens is 144 g/mol. The van der Waals surface area contributed by atoms with Crippen LogP contribution in [0.4, 0.5) is 0 Å². The van der Waals surface area contributed by atoms with E-state index in [-0.39, 0.29) is 11.8 Å². The van der Waals surface area contributed by atoms with Gasteiger partial charge < -0.3 is 10.2 Å². The summed E-state index contributed by atoms with van der Waals surface area (Å²) in [5.41, 5.74) is 0. The molecule has 0 aliphatic rings. The largest absolute Gasteiger partial charge is 0.479 e. The molecule has 0 amide bonds. The van der Waals surface area contributed by atoms with Gasteiger partial charge in [-0.25, -0.2) is 4.79 Å². The quantitative estimate of drug-likeness (QED) is 0.647. The Morgan fingerprint density at radius 2 is 1.91 bits per heavy atom. The molecule has 3 heteroatoms. The van der Waals surface area contributed by atoms with Gasteiger partial charge in [0.1, 0.15) is 0 Å². The first-order valence-corrected chi connectivity index (χ1v) is 3.91. The highest BCUT2D eigenvalue weighted by Gasteiger charge is 2.25. The van der Waals surface area contributed by atoms with Crippen molar-refractivity contribution in [3.05, 3.63) is 0 Å². The fraction of sp³-hybridized carbons (Fsp3) is 0.875.